The van der Waals surface area contributed by atoms with Gasteiger partial charge in [0.05, 0.1) is 12.6 Å². The lowest BCUT2D eigenvalue weighted by Crippen LogP contribution is -2.44. The van der Waals surface area contributed by atoms with Gasteiger partial charge >= 0.3 is 0 Å². The molecule has 4 nitrogen and oxygen atoms in total. The number of carbonyl (C=O) groups excluding carboxylic acids is 2. The number of carbonyl (C=O) groups is 2. The molecule has 1 atom stereocenters. The Labute approximate surface area is 124 Å². The zero-order valence-electron chi connectivity index (χ0n) is 11.6. The number of aldehydes is 1. The Kier molecular flexibility index (Phi) is 5.15. The number of benzene rings is 1. The molecule has 1 amide bonds. The van der Waals surface area contributed by atoms with Crippen LogP contribution in [0.2, 0.25) is 5.02 Å². The normalized spacial score (nSPS) is 19.6. The highest BCUT2D eigenvalue weighted by molar-refractivity contribution is 6.31. The van der Waals surface area contributed by atoms with Crippen LogP contribution in [0.25, 0.3) is 0 Å². The molecular formula is C15H19ClN2O2. The average molecular weight is 295 g/mol. The average Bonchev–Trinajstić information content (AvgIpc) is 2.43. The molecule has 1 aliphatic rings. The van der Waals surface area contributed by atoms with Gasteiger partial charge < -0.3 is 10.1 Å². The maximum Gasteiger partial charge on any atom is 0.238 e. The number of hydrogen-bond acceptors (Lipinski definition) is 3. The zero-order chi connectivity index (χ0) is 14.5. The van der Waals surface area contributed by atoms with Crippen LogP contribution in [0.1, 0.15) is 24.8 Å². The number of rotatable bonds is 4. The van der Waals surface area contributed by atoms with Gasteiger partial charge in [0.1, 0.15) is 6.29 Å². The Morgan fingerprint density at radius 3 is 3.00 bits per heavy atom. The van der Waals surface area contributed by atoms with Crippen LogP contribution in [-0.2, 0) is 9.59 Å². The molecule has 2 rings (SSSR count). The highest BCUT2D eigenvalue weighted by Gasteiger charge is 2.23. The van der Waals surface area contributed by atoms with E-state index in [1.54, 1.807) is 6.07 Å². The van der Waals surface area contributed by atoms with Crippen LogP contribution in [0.15, 0.2) is 18.2 Å². The van der Waals surface area contributed by atoms with Crippen molar-refractivity contribution in [1.82, 2.24) is 4.90 Å². The first kappa shape index (κ1) is 15.0. The summed E-state index contributed by atoms with van der Waals surface area (Å²) in [6.45, 7) is 2.96. The number of aryl methyl sites for hydroxylation is 1. The van der Waals surface area contributed by atoms with E-state index in [-0.39, 0.29) is 18.5 Å². The van der Waals surface area contributed by atoms with Gasteiger partial charge in [0.15, 0.2) is 0 Å². The van der Waals surface area contributed by atoms with Crippen molar-refractivity contribution < 1.29 is 9.59 Å². The quantitative estimate of drug-likeness (QED) is 0.869. The third-order valence-corrected chi connectivity index (χ3v) is 4.03. The van der Waals surface area contributed by atoms with E-state index in [2.05, 4.69) is 5.32 Å². The van der Waals surface area contributed by atoms with Crippen LogP contribution >= 0.6 is 11.6 Å². The van der Waals surface area contributed by atoms with Crippen LogP contribution in [0.3, 0.4) is 0 Å². The van der Waals surface area contributed by atoms with Gasteiger partial charge in [0.2, 0.25) is 5.91 Å². The molecule has 1 aromatic carbocycles. The topological polar surface area (TPSA) is 49.4 Å². The molecule has 1 unspecified atom stereocenters. The number of likely N-dealkylation sites (tertiary alicyclic amines) is 1. The minimum Gasteiger partial charge on any atom is -0.325 e. The molecular weight excluding hydrogens is 276 g/mol. The van der Waals surface area contributed by atoms with Crippen molar-refractivity contribution in [2.45, 2.75) is 32.2 Å². The summed E-state index contributed by atoms with van der Waals surface area (Å²) in [5.74, 6) is -0.112. The Hall–Kier alpha value is -1.39. The van der Waals surface area contributed by atoms with Crippen molar-refractivity contribution in [1.29, 1.82) is 0 Å². The molecule has 0 aliphatic carbocycles. The van der Waals surface area contributed by atoms with Gasteiger partial charge in [0, 0.05) is 10.7 Å². The molecule has 0 aromatic heterocycles. The lowest BCUT2D eigenvalue weighted by Gasteiger charge is -2.31. The highest BCUT2D eigenvalue weighted by atomic mass is 35.5. The number of nitrogens with zero attached hydrogens (tertiary/aromatic N) is 1. The maximum atomic E-state index is 12.0. The van der Waals surface area contributed by atoms with E-state index in [9.17, 15) is 9.59 Å². The van der Waals surface area contributed by atoms with Gasteiger partial charge in [-0.2, -0.15) is 0 Å². The predicted molar refractivity (Wildman–Crippen MR) is 80.1 cm³/mol. The summed E-state index contributed by atoms with van der Waals surface area (Å²) in [5.41, 5.74) is 1.66. The van der Waals surface area contributed by atoms with Crippen LogP contribution < -0.4 is 5.32 Å². The zero-order valence-corrected chi connectivity index (χ0v) is 12.3. The predicted octanol–water partition coefficient (Wildman–Crippen LogP) is 2.64. The SMILES string of the molecule is Cc1ccc(NC(=O)CN2CCCCC2C=O)cc1Cl. The number of anilines is 1. The third kappa shape index (κ3) is 3.81. The van der Waals surface area contributed by atoms with Crippen LogP contribution in [-0.4, -0.2) is 36.2 Å². The van der Waals surface area contributed by atoms with E-state index < -0.39 is 0 Å². The Bertz CT molecular complexity index is 505. The first-order chi connectivity index (χ1) is 9.60. The van der Waals surface area contributed by atoms with Crippen molar-refractivity contribution in [3.63, 3.8) is 0 Å². The number of piperidine rings is 1. The molecule has 108 valence electrons. The van der Waals surface area contributed by atoms with Crippen LogP contribution in [0.4, 0.5) is 5.69 Å². The van der Waals surface area contributed by atoms with E-state index in [1.807, 2.05) is 24.0 Å². The van der Waals surface area contributed by atoms with Crippen molar-refractivity contribution in [3.8, 4) is 0 Å². The van der Waals surface area contributed by atoms with E-state index in [0.717, 1.165) is 37.7 Å². The summed E-state index contributed by atoms with van der Waals surface area (Å²) >= 11 is 6.03. The number of amides is 1. The van der Waals surface area contributed by atoms with Crippen molar-refractivity contribution >= 4 is 29.5 Å². The summed E-state index contributed by atoms with van der Waals surface area (Å²) < 4.78 is 0. The molecule has 1 saturated heterocycles. The summed E-state index contributed by atoms with van der Waals surface area (Å²) in [7, 11) is 0. The summed E-state index contributed by atoms with van der Waals surface area (Å²) in [6, 6.07) is 5.30. The Morgan fingerprint density at radius 1 is 1.50 bits per heavy atom. The van der Waals surface area contributed by atoms with E-state index in [0.29, 0.717) is 10.7 Å². The second-order valence-corrected chi connectivity index (χ2v) is 5.59. The standard InChI is InChI=1S/C15H19ClN2O2/c1-11-5-6-12(8-14(11)16)17-15(20)9-18-7-3-2-4-13(18)10-19/h5-6,8,10,13H,2-4,7,9H2,1H3,(H,17,20). The van der Waals surface area contributed by atoms with Gasteiger partial charge in [-0.15, -0.1) is 0 Å². The number of hydrogen-bond donors (Lipinski definition) is 1. The van der Waals surface area contributed by atoms with Gasteiger partial charge in [0.25, 0.3) is 0 Å². The molecule has 5 heteroatoms. The van der Waals surface area contributed by atoms with E-state index >= 15 is 0 Å². The molecule has 0 radical (unpaired) electrons. The molecule has 0 spiro atoms. The second-order valence-electron chi connectivity index (χ2n) is 5.18. The largest absolute Gasteiger partial charge is 0.325 e. The molecule has 1 heterocycles. The van der Waals surface area contributed by atoms with E-state index in [4.69, 9.17) is 11.6 Å². The smallest absolute Gasteiger partial charge is 0.238 e. The highest BCUT2D eigenvalue weighted by Crippen LogP contribution is 2.20. The van der Waals surface area contributed by atoms with Crippen LogP contribution in [0, 0.1) is 6.92 Å². The lowest BCUT2D eigenvalue weighted by atomic mass is 10.0. The minimum atomic E-state index is -0.129. The Balaban J connectivity index is 1.94. The first-order valence-electron chi connectivity index (χ1n) is 6.85. The second kappa shape index (κ2) is 6.86. The molecule has 1 fully saturated rings. The van der Waals surface area contributed by atoms with Crippen molar-refractivity contribution in [2.75, 3.05) is 18.4 Å². The minimum absolute atomic E-state index is 0.112. The molecule has 0 saturated carbocycles. The monoisotopic (exact) mass is 294 g/mol. The first-order valence-corrected chi connectivity index (χ1v) is 7.23. The molecule has 1 aromatic rings. The molecule has 1 aliphatic heterocycles. The molecule has 0 bridgehead atoms. The summed E-state index contributed by atoms with van der Waals surface area (Å²) in [5, 5.41) is 3.45. The number of halogens is 1. The molecule has 20 heavy (non-hydrogen) atoms. The van der Waals surface area contributed by atoms with Gasteiger partial charge in [-0.05, 0) is 44.0 Å². The fourth-order valence-electron chi connectivity index (χ4n) is 2.42. The van der Waals surface area contributed by atoms with Crippen molar-refractivity contribution in [2.24, 2.45) is 0 Å². The summed E-state index contributed by atoms with van der Waals surface area (Å²) in [4.78, 5) is 25.0. The van der Waals surface area contributed by atoms with E-state index in [1.165, 1.54) is 0 Å². The molecule has 1 N–H and O–H groups in total. The fraction of sp³-hybridized carbons (Fsp3) is 0.467. The van der Waals surface area contributed by atoms with Gasteiger partial charge in [-0.3, -0.25) is 9.69 Å². The van der Waals surface area contributed by atoms with Crippen molar-refractivity contribution in [3.05, 3.63) is 28.8 Å². The third-order valence-electron chi connectivity index (χ3n) is 3.62. The Morgan fingerprint density at radius 2 is 2.30 bits per heavy atom. The van der Waals surface area contributed by atoms with Crippen LogP contribution in [0.5, 0.6) is 0 Å². The van der Waals surface area contributed by atoms with Gasteiger partial charge in [-0.1, -0.05) is 24.1 Å². The fourth-order valence-corrected chi connectivity index (χ4v) is 2.60. The van der Waals surface area contributed by atoms with Gasteiger partial charge in [-0.25, -0.2) is 0 Å². The lowest BCUT2D eigenvalue weighted by molar-refractivity contribution is -0.120. The number of nitrogens with one attached hydrogen (secondary N) is 1. The maximum absolute atomic E-state index is 12.0. The summed E-state index contributed by atoms with van der Waals surface area (Å²) in [6.07, 6.45) is 3.87.